The van der Waals surface area contributed by atoms with Gasteiger partial charge in [-0.1, -0.05) is 0 Å². The molecule has 0 rings (SSSR count). The van der Waals surface area contributed by atoms with Crippen LogP contribution in [0.1, 0.15) is 0 Å². The maximum atomic E-state index is 7.91. The Kier molecular flexibility index (Phi) is 4.78. The van der Waals surface area contributed by atoms with Gasteiger partial charge in [-0.3, -0.25) is 0 Å². The molecule has 0 heterocycles. The first-order chi connectivity index (χ1) is 2.91. The van der Waals surface area contributed by atoms with E-state index in [-0.39, 0.29) is 0 Å². The molecule has 0 unspecified atom stereocenters. The van der Waals surface area contributed by atoms with Crippen LogP contribution in [0.15, 0.2) is 0 Å². The first-order valence-corrected chi connectivity index (χ1v) is 1.93. The molecule has 0 aromatic carbocycles. The largest absolute Gasteiger partial charge is 0.318 e. The Morgan fingerprint density at radius 1 is 1.50 bits per heavy atom. The summed E-state index contributed by atoms with van der Waals surface area (Å²) in [5, 5.41) is 10.8. The van der Waals surface area contributed by atoms with Gasteiger partial charge >= 0.3 is 0 Å². The molecule has 6 heavy (non-hydrogen) atoms. The lowest BCUT2D eigenvalue weighted by Crippen LogP contribution is -2.21. The minimum Gasteiger partial charge on any atom is -0.318 e. The molecular weight excluding hydrogens is 80.0 g/mol. The maximum Gasteiger partial charge on any atom is 0.0332 e. The molecule has 3 N–H and O–H groups in total. The highest BCUT2D eigenvalue weighted by Gasteiger charge is 1.72. The van der Waals surface area contributed by atoms with Crippen LogP contribution in [0.2, 0.25) is 0 Å². The summed E-state index contributed by atoms with van der Waals surface area (Å²) in [4.78, 5) is 0. The number of hydrogen-bond acceptors (Lipinski definition) is 3. The second kappa shape index (κ2) is 4.88. The third kappa shape index (κ3) is 3.88. The van der Waals surface area contributed by atoms with Crippen molar-refractivity contribution in [3.05, 3.63) is 0 Å². The molecule has 0 aromatic rings. The van der Waals surface area contributed by atoms with Gasteiger partial charge in [-0.05, 0) is 7.05 Å². The van der Waals surface area contributed by atoms with Crippen LogP contribution in [0.25, 0.3) is 0 Å². The van der Waals surface area contributed by atoms with E-state index in [1.54, 1.807) is 0 Å². The molecule has 0 aliphatic heterocycles. The molecule has 0 aromatic heterocycles. The maximum absolute atomic E-state index is 7.91. The number of likely N-dealkylation sites (N-methyl/N-ethyl adjacent to an activating group) is 1. The van der Waals surface area contributed by atoms with Crippen molar-refractivity contribution in [3.63, 3.8) is 0 Å². The molecule has 3 heteroatoms. The molecular formula is C3H10N2O. The number of nitrogens with one attached hydrogen (secondary N) is 2. The van der Waals surface area contributed by atoms with Gasteiger partial charge in [0, 0.05) is 13.1 Å². The molecule has 0 amide bonds. The lowest BCUT2D eigenvalue weighted by molar-refractivity contribution is 0.168. The summed E-state index contributed by atoms with van der Waals surface area (Å²) in [5.74, 6) is 0. The van der Waals surface area contributed by atoms with Gasteiger partial charge in [0.2, 0.25) is 0 Å². The Hall–Kier alpha value is -0.120. The third-order valence-electron chi connectivity index (χ3n) is 0.487. The van der Waals surface area contributed by atoms with E-state index in [0.717, 1.165) is 6.54 Å². The Morgan fingerprint density at radius 2 is 2.17 bits per heavy atom. The van der Waals surface area contributed by atoms with Gasteiger partial charge < -0.3 is 10.5 Å². The van der Waals surface area contributed by atoms with E-state index in [1.807, 2.05) is 12.5 Å². The third-order valence-corrected chi connectivity index (χ3v) is 0.487. The van der Waals surface area contributed by atoms with Crippen LogP contribution < -0.4 is 10.8 Å². The van der Waals surface area contributed by atoms with E-state index in [1.165, 1.54) is 0 Å². The zero-order valence-electron chi connectivity index (χ0n) is 3.86. The first kappa shape index (κ1) is 5.88. The molecule has 0 fully saturated rings. The lowest BCUT2D eigenvalue weighted by atomic mass is 10.7. The van der Waals surface area contributed by atoms with Crippen molar-refractivity contribution in [1.29, 1.82) is 0 Å². The Morgan fingerprint density at radius 3 is 2.33 bits per heavy atom. The molecule has 0 atom stereocenters. The van der Waals surface area contributed by atoms with Crippen molar-refractivity contribution < 1.29 is 5.21 Å². The Labute approximate surface area is 37.3 Å². The first-order valence-electron chi connectivity index (χ1n) is 1.93. The summed E-state index contributed by atoms with van der Waals surface area (Å²) in [7, 11) is 1.83. The molecule has 0 bridgehead atoms. The van der Waals surface area contributed by atoms with Crippen molar-refractivity contribution in [2.24, 2.45) is 0 Å². The summed E-state index contributed by atoms with van der Waals surface area (Å²) in [5.41, 5.74) is 2.01. The average molecular weight is 90.1 g/mol. The topological polar surface area (TPSA) is 44.3 Å². The van der Waals surface area contributed by atoms with Crippen molar-refractivity contribution in [1.82, 2.24) is 10.8 Å². The van der Waals surface area contributed by atoms with Crippen LogP contribution in [-0.4, -0.2) is 25.3 Å². The SMILES string of the molecule is CNCCNO. The van der Waals surface area contributed by atoms with Crippen LogP contribution in [0.5, 0.6) is 0 Å². The molecule has 0 aliphatic carbocycles. The van der Waals surface area contributed by atoms with Crippen LogP contribution >= 0.6 is 0 Å². The van der Waals surface area contributed by atoms with Gasteiger partial charge in [-0.25, -0.2) is 5.48 Å². The fourth-order valence-electron chi connectivity index (χ4n) is 0.181. The van der Waals surface area contributed by atoms with Crippen LogP contribution in [0.3, 0.4) is 0 Å². The van der Waals surface area contributed by atoms with Crippen molar-refractivity contribution in [2.45, 2.75) is 0 Å². The van der Waals surface area contributed by atoms with Gasteiger partial charge in [0.25, 0.3) is 0 Å². The van der Waals surface area contributed by atoms with Gasteiger partial charge in [0.05, 0.1) is 0 Å². The molecule has 3 nitrogen and oxygen atoms in total. The van der Waals surface area contributed by atoms with Gasteiger partial charge in [-0.2, -0.15) is 0 Å². The highest BCUT2D eigenvalue weighted by molar-refractivity contribution is 4.35. The van der Waals surface area contributed by atoms with Gasteiger partial charge in [-0.15, -0.1) is 0 Å². The monoisotopic (exact) mass is 90.1 g/mol. The molecule has 0 radical (unpaired) electrons. The Balaban J connectivity index is 2.34. The van der Waals surface area contributed by atoms with E-state index in [4.69, 9.17) is 5.21 Å². The van der Waals surface area contributed by atoms with E-state index >= 15 is 0 Å². The summed E-state index contributed by atoms with van der Waals surface area (Å²) < 4.78 is 0. The molecule has 38 valence electrons. The van der Waals surface area contributed by atoms with Crippen molar-refractivity contribution >= 4 is 0 Å². The quantitative estimate of drug-likeness (QED) is 0.313. The minimum atomic E-state index is 0.608. The van der Waals surface area contributed by atoms with Gasteiger partial charge in [0.1, 0.15) is 0 Å². The average Bonchev–Trinajstić information content (AvgIpc) is 1.61. The van der Waals surface area contributed by atoms with E-state index < -0.39 is 0 Å². The summed E-state index contributed by atoms with van der Waals surface area (Å²) in [6.07, 6.45) is 0. The normalized spacial score (nSPS) is 9.00. The van der Waals surface area contributed by atoms with Crippen molar-refractivity contribution in [2.75, 3.05) is 20.1 Å². The van der Waals surface area contributed by atoms with Gasteiger partial charge in [0.15, 0.2) is 0 Å². The fraction of sp³-hybridized carbons (Fsp3) is 1.00. The summed E-state index contributed by atoms with van der Waals surface area (Å²) in [6.45, 7) is 1.41. The van der Waals surface area contributed by atoms with Crippen LogP contribution in [-0.2, 0) is 0 Å². The summed E-state index contributed by atoms with van der Waals surface area (Å²) in [6, 6.07) is 0. The van der Waals surface area contributed by atoms with E-state index in [9.17, 15) is 0 Å². The predicted octanol–water partition coefficient (Wildman–Crippen LogP) is -0.815. The molecule has 0 saturated heterocycles. The number of hydroxylamine groups is 1. The minimum absolute atomic E-state index is 0.608. The molecule has 0 aliphatic rings. The molecule has 0 saturated carbocycles. The lowest BCUT2D eigenvalue weighted by Gasteiger charge is -1.91. The zero-order chi connectivity index (χ0) is 4.83. The van der Waals surface area contributed by atoms with Crippen molar-refractivity contribution in [3.8, 4) is 0 Å². The fourth-order valence-corrected chi connectivity index (χ4v) is 0.181. The number of hydrogen-bond donors (Lipinski definition) is 3. The highest BCUT2D eigenvalue weighted by Crippen LogP contribution is 1.44. The van der Waals surface area contributed by atoms with Crippen LogP contribution in [0, 0.1) is 0 Å². The highest BCUT2D eigenvalue weighted by atomic mass is 16.5. The molecule has 0 spiro atoms. The van der Waals surface area contributed by atoms with Crippen LogP contribution in [0.4, 0.5) is 0 Å². The number of rotatable bonds is 3. The van der Waals surface area contributed by atoms with E-state index in [0.29, 0.717) is 6.54 Å². The predicted molar refractivity (Wildman–Crippen MR) is 23.7 cm³/mol. The van der Waals surface area contributed by atoms with E-state index in [2.05, 4.69) is 5.32 Å². The smallest absolute Gasteiger partial charge is 0.0332 e. The second-order valence-electron chi connectivity index (χ2n) is 1.01. The summed E-state index contributed by atoms with van der Waals surface area (Å²) >= 11 is 0. The Bertz CT molecular complexity index is 20.8. The second-order valence-corrected chi connectivity index (χ2v) is 1.01. The standard InChI is InChI=1S/C3H10N2O/c1-4-2-3-5-6/h4-6H,2-3H2,1H3. The zero-order valence-corrected chi connectivity index (χ0v) is 3.86.